The summed E-state index contributed by atoms with van der Waals surface area (Å²) < 4.78 is 1.76. The molecule has 0 aliphatic carbocycles. The molecule has 2 aromatic heterocycles. The molecule has 0 radical (unpaired) electrons. The molecular formula is C20H22N2OS2. The molecule has 3 nitrogen and oxygen atoms in total. The van der Waals surface area contributed by atoms with E-state index in [4.69, 9.17) is 4.98 Å². The van der Waals surface area contributed by atoms with Gasteiger partial charge in [-0.05, 0) is 56.0 Å². The molecule has 0 aliphatic heterocycles. The molecule has 0 N–H and O–H groups in total. The second kappa shape index (κ2) is 7.18. The molecule has 0 amide bonds. The molecule has 0 aliphatic rings. The summed E-state index contributed by atoms with van der Waals surface area (Å²) in [7, 11) is 0. The Morgan fingerprint density at radius 1 is 1.28 bits per heavy atom. The maximum Gasteiger partial charge on any atom is 0.267 e. The van der Waals surface area contributed by atoms with Crippen LogP contribution in [-0.2, 0) is 6.42 Å². The molecular weight excluding hydrogens is 348 g/mol. The SMILES string of the molecule is C=CCSc1nc2sc(C)c(CC)c2c(=O)n1-c1ccc(C)c(C)c1. The Hall–Kier alpha value is -1.85. The zero-order chi connectivity index (χ0) is 18.1. The van der Waals surface area contributed by atoms with E-state index in [0.717, 1.165) is 33.0 Å². The van der Waals surface area contributed by atoms with Crippen molar-refractivity contribution in [3.8, 4) is 5.69 Å². The van der Waals surface area contributed by atoms with E-state index < -0.39 is 0 Å². The predicted molar refractivity (Wildman–Crippen MR) is 110 cm³/mol. The van der Waals surface area contributed by atoms with Crippen LogP contribution in [0.4, 0.5) is 0 Å². The third-order valence-corrected chi connectivity index (χ3v) is 6.40. The van der Waals surface area contributed by atoms with Gasteiger partial charge >= 0.3 is 0 Å². The molecule has 0 bridgehead atoms. The van der Waals surface area contributed by atoms with Gasteiger partial charge in [0.25, 0.3) is 5.56 Å². The van der Waals surface area contributed by atoms with E-state index in [2.05, 4.69) is 46.4 Å². The van der Waals surface area contributed by atoms with Crippen LogP contribution in [0.2, 0.25) is 0 Å². The van der Waals surface area contributed by atoms with Crippen molar-refractivity contribution >= 4 is 33.3 Å². The summed E-state index contributed by atoms with van der Waals surface area (Å²) in [5.41, 5.74) is 4.41. The van der Waals surface area contributed by atoms with E-state index in [1.807, 2.05) is 12.1 Å². The number of hydrogen-bond donors (Lipinski definition) is 0. The second-order valence-corrected chi connectivity index (χ2v) is 8.26. The van der Waals surface area contributed by atoms with Crippen molar-refractivity contribution in [3.63, 3.8) is 0 Å². The summed E-state index contributed by atoms with van der Waals surface area (Å²) in [4.78, 5) is 20.2. The normalized spacial score (nSPS) is 11.2. The number of rotatable bonds is 5. The minimum atomic E-state index is 0.0287. The van der Waals surface area contributed by atoms with Crippen molar-refractivity contribution in [2.45, 2.75) is 39.3 Å². The summed E-state index contributed by atoms with van der Waals surface area (Å²) in [6.45, 7) is 12.1. The highest BCUT2D eigenvalue weighted by Crippen LogP contribution is 2.30. The number of aromatic nitrogens is 2. The van der Waals surface area contributed by atoms with Gasteiger partial charge in [0.1, 0.15) is 4.83 Å². The summed E-state index contributed by atoms with van der Waals surface area (Å²) in [5.74, 6) is 0.716. The van der Waals surface area contributed by atoms with Crippen LogP contribution in [0.5, 0.6) is 0 Å². The van der Waals surface area contributed by atoms with Gasteiger partial charge in [0, 0.05) is 10.6 Å². The van der Waals surface area contributed by atoms with Gasteiger partial charge in [0.15, 0.2) is 5.16 Å². The molecule has 3 aromatic rings. The van der Waals surface area contributed by atoms with Crippen LogP contribution in [0.3, 0.4) is 0 Å². The van der Waals surface area contributed by atoms with Gasteiger partial charge in [-0.2, -0.15) is 0 Å². The first-order chi connectivity index (χ1) is 12.0. The first-order valence-corrected chi connectivity index (χ1v) is 10.1. The van der Waals surface area contributed by atoms with Crippen molar-refractivity contribution in [2.24, 2.45) is 0 Å². The third-order valence-electron chi connectivity index (χ3n) is 4.43. The maximum absolute atomic E-state index is 13.4. The minimum absolute atomic E-state index is 0.0287. The summed E-state index contributed by atoms with van der Waals surface area (Å²) in [6.07, 6.45) is 2.68. The van der Waals surface area contributed by atoms with E-state index >= 15 is 0 Å². The largest absolute Gasteiger partial charge is 0.268 e. The first-order valence-electron chi connectivity index (χ1n) is 8.34. The molecule has 5 heteroatoms. The number of hydrogen-bond acceptors (Lipinski definition) is 4. The zero-order valence-corrected chi connectivity index (χ0v) is 16.7. The average molecular weight is 371 g/mol. The van der Waals surface area contributed by atoms with E-state index in [0.29, 0.717) is 5.75 Å². The number of fused-ring (bicyclic) bond motifs is 1. The van der Waals surface area contributed by atoms with Crippen molar-refractivity contribution in [2.75, 3.05) is 5.75 Å². The topological polar surface area (TPSA) is 34.9 Å². The van der Waals surface area contributed by atoms with Gasteiger partial charge in [-0.25, -0.2) is 4.98 Å². The Bertz CT molecular complexity index is 1010. The van der Waals surface area contributed by atoms with Crippen LogP contribution in [0.1, 0.15) is 28.5 Å². The highest BCUT2D eigenvalue weighted by molar-refractivity contribution is 7.99. The fourth-order valence-electron chi connectivity index (χ4n) is 2.95. The molecule has 2 heterocycles. The highest BCUT2D eigenvalue weighted by Gasteiger charge is 2.19. The summed E-state index contributed by atoms with van der Waals surface area (Å²) in [6, 6.07) is 6.12. The molecule has 130 valence electrons. The lowest BCUT2D eigenvalue weighted by Gasteiger charge is -2.13. The lowest BCUT2D eigenvalue weighted by atomic mass is 10.1. The monoisotopic (exact) mass is 370 g/mol. The van der Waals surface area contributed by atoms with E-state index in [9.17, 15) is 4.79 Å². The van der Waals surface area contributed by atoms with Crippen LogP contribution >= 0.6 is 23.1 Å². The van der Waals surface area contributed by atoms with E-state index in [1.54, 1.807) is 27.7 Å². The first kappa shape index (κ1) is 18.0. The van der Waals surface area contributed by atoms with Gasteiger partial charge in [-0.3, -0.25) is 9.36 Å². The highest BCUT2D eigenvalue weighted by atomic mass is 32.2. The molecule has 0 spiro atoms. The van der Waals surface area contributed by atoms with Crippen LogP contribution in [0, 0.1) is 20.8 Å². The van der Waals surface area contributed by atoms with Crippen LogP contribution in [-0.4, -0.2) is 15.3 Å². The third kappa shape index (κ3) is 3.18. The predicted octanol–water partition coefficient (Wildman–Crippen LogP) is 5.21. The Kier molecular flexibility index (Phi) is 5.16. The molecule has 0 fully saturated rings. The van der Waals surface area contributed by atoms with Gasteiger partial charge in [-0.15, -0.1) is 17.9 Å². The van der Waals surface area contributed by atoms with E-state index in [-0.39, 0.29) is 5.56 Å². The number of thioether (sulfide) groups is 1. The fraction of sp³-hybridized carbons (Fsp3) is 0.300. The van der Waals surface area contributed by atoms with Crippen LogP contribution < -0.4 is 5.56 Å². The summed E-state index contributed by atoms with van der Waals surface area (Å²) >= 11 is 3.16. The van der Waals surface area contributed by atoms with Crippen LogP contribution in [0.25, 0.3) is 15.9 Å². The molecule has 0 unspecified atom stereocenters. The molecule has 1 aromatic carbocycles. The molecule has 3 rings (SSSR count). The van der Waals surface area contributed by atoms with Crippen molar-refractivity contribution in [1.29, 1.82) is 0 Å². The second-order valence-electron chi connectivity index (χ2n) is 6.07. The Morgan fingerprint density at radius 3 is 2.68 bits per heavy atom. The minimum Gasteiger partial charge on any atom is -0.268 e. The van der Waals surface area contributed by atoms with Gasteiger partial charge in [0.2, 0.25) is 0 Å². The smallest absolute Gasteiger partial charge is 0.267 e. The Balaban J connectivity index is 2.36. The Labute approximate surface area is 156 Å². The lowest BCUT2D eigenvalue weighted by molar-refractivity contribution is 0.821. The quantitative estimate of drug-likeness (QED) is 0.351. The van der Waals surface area contributed by atoms with Gasteiger partial charge in [-0.1, -0.05) is 30.8 Å². The van der Waals surface area contributed by atoms with Gasteiger partial charge < -0.3 is 0 Å². The fourth-order valence-corrected chi connectivity index (χ4v) is 4.85. The maximum atomic E-state index is 13.4. The van der Waals surface area contributed by atoms with E-state index in [1.165, 1.54) is 16.0 Å². The molecule has 0 saturated heterocycles. The molecule has 25 heavy (non-hydrogen) atoms. The number of aryl methyl sites for hydroxylation is 4. The van der Waals surface area contributed by atoms with Crippen molar-refractivity contribution < 1.29 is 0 Å². The molecule has 0 saturated carbocycles. The number of thiophene rings is 1. The lowest BCUT2D eigenvalue weighted by Crippen LogP contribution is -2.22. The Morgan fingerprint density at radius 2 is 2.04 bits per heavy atom. The van der Waals surface area contributed by atoms with Gasteiger partial charge in [0.05, 0.1) is 11.1 Å². The van der Waals surface area contributed by atoms with Crippen LogP contribution in [0.15, 0.2) is 40.8 Å². The standard InChI is InChI=1S/C20H22N2OS2/c1-6-10-24-20-21-18-17(16(7-2)14(5)25-18)19(23)22(20)15-9-8-12(3)13(4)11-15/h6,8-9,11H,1,7,10H2,2-5H3. The zero-order valence-electron chi connectivity index (χ0n) is 15.0. The average Bonchev–Trinajstić information content (AvgIpc) is 2.91. The number of nitrogens with zero attached hydrogens (tertiary/aromatic N) is 2. The molecule has 0 atom stereocenters. The van der Waals surface area contributed by atoms with Crippen molar-refractivity contribution in [1.82, 2.24) is 9.55 Å². The summed E-state index contributed by atoms with van der Waals surface area (Å²) in [5, 5.41) is 1.50. The number of benzene rings is 1. The van der Waals surface area contributed by atoms with Crippen molar-refractivity contribution in [3.05, 3.63) is 62.8 Å².